The summed E-state index contributed by atoms with van der Waals surface area (Å²) in [5, 5.41) is 2.12. The zero-order chi connectivity index (χ0) is 31.8. The number of ether oxygens (including phenoxy) is 2. The van der Waals surface area contributed by atoms with E-state index in [1.165, 1.54) is 10.4 Å². The van der Waals surface area contributed by atoms with E-state index in [0.717, 1.165) is 30.4 Å². The number of hydrogen-bond donors (Lipinski definition) is 0. The maximum absolute atomic E-state index is 12.5. The molecule has 4 aromatic rings. The van der Waals surface area contributed by atoms with Gasteiger partial charge >= 0.3 is 8.32 Å². The Morgan fingerprint density at radius 3 is 1.80 bits per heavy atom. The van der Waals surface area contributed by atoms with Gasteiger partial charge in [0.15, 0.2) is 11.5 Å². The van der Waals surface area contributed by atoms with Crippen LogP contribution in [0, 0.1) is 6.92 Å². The van der Waals surface area contributed by atoms with Gasteiger partial charge in [-0.15, -0.1) is 0 Å². The van der Waals surface area contributed by atoms with E-state index in [0.29, 0.717) is 23.7 Å². The van der Waals surface area contributed by atoms with Crippen molar-refractivity contribution in [2.24, 2.45) is 0 Å². The van der Waals surface area contributed by atoms with Crippen LogP contribution in [-0.2, 0) is 20.7 Å². The van der Waals surface area contributed by atoms with E-state index in [2.05, 4.69) is 75.4 Å². The Hall–Kier alpha value is -3.59. The lowest BCUT2D eigenvalue weighted by Crippen LogP contribution is -2.68. The van der Waals surface area contributed by atoms with Gasteiger partial charge in [-0.2, -0.15) is 8.42 Å². The molecule has 44 heavy (non-hydrogen) atoms. The largest absolute Gasteiger partial charge is 0.531 e. The van der Waals surface area contributed by atoms with E-state index in [-0.39, 0.29) is 16.5 Å². The fraction of sp³-hybridized carbons (Fsp3) is 0.333. The van der Waals surface area contributed by atoms with Gasteiger partial charge < -0.3 is 13.9 Å². The standard InChI is InChI=1S/C36H44O6SSi/c1-28-21-23-30(24-22-28)43(37,38)41-25-15-9-10-16-29-26-33(39-5)35(40-6)34(27-29)42-44(36(2,3)4,31-17-11-7-12-18-31)32-19-13-8-14-20-32/h7-8,11-14,17-24,26-27H,9-10,15-16,25H2,1-6H3. The molecular weight excluding hydrogens is 589 g/mol. The molecule has 0 fully saturated rings. The Morgan fingerprint density at radius 2 is 1.27 bits per heavy atom. The maximum atomic E-state index is 12.5. The average Bonchev–Trinajstić information content (AvgIpc) is 3.01. The molecule has 8 heteroatoms. The fourth-order valence-corrected chi connectivity index (χ4v) is 10.9. The molecule has 0 bridgehead atoms. The van der Waals surface area contributed by atoms with E-state index >= 15 is 0 Å². The first-order chi connectivity index (χ1) is 21.0. The summed E-state index contributed by atoms with van der Waals surface area (Å²) in [7, 11) is -3.38. The molecule has 0 aliphatic rings. The van der Waals surface area contributed by atoms with E-state index < -0.39 is 18.4 Å². The lowest BCUT2D eigenvalue weighted by Gasteiger charge is -2.43. The number of unbranched alkanes of at least 4 members (excludes halogenated alkanes) is 2. The van der Waals surface area contributed by atoms with Crippen molar-refractivity contribution in [3.05, 3.63) is 108 Å². The minimum atomic E-state index is -3.76. The molecule has 6 nitrogen and oxygen atoms in total. The molecule has 0 radical (unpaired) electrons. The second kappa shape index (κ2) is 14.5. The van der Waals surface area contributed by atoms with E-state index in [1.54, 1.807) is 38.5 Å². The van der Waals surface area contributed by atoms with Crippen LogP contribution in [0.15, 0.2) is 102 Å². The van der Waals surface area contributed by atoms with Crippen molar-refractivity contribution in [1.82, 2.24) is 0 Å². The highest BCUT2D eigenvalue weighted by Crippen LogP contribution is 2.44. The van der Waals surface area contributed by atoms with Crippen LogP contribution in [0.5, 0.6) is 17.2 Å². The highest BCUT2D eigenvalue weighted by atomic mass is 32.2. The molecule has 0 amide bonds. The first-order valence-electron chi connectivity index (χ1n) is 15.0. The predicted molar refractivity (Wildman–Crippen MR) is 180 cm³/mol. The van der Waals surface area contributed by atoms with E-state index in [9.17, 15) is 8.42 Å². The molecule has 0 aromatic heterocycles. The molecule has 4 aromatic carbocycles. The van der Waals surface area contributed by atoms with Gasteiger partial charge in [0.2, 0.25) is 5.75 Å². The normalized spacial score (nSPS) is 12.1. The van der Waals surface area contributed by atoms with Crippen molar-refractivity contribution in [3.8, 4) is 17.2 Å². The molecule has 234 valence electrons. The van der Waals surface area contributed by atoms with Gasteiger partial charge in [-0.25, -0.2) is 0 Å². The van der Waals surface area contributed by atoms with Crippen LogP contribution in [0.3, 0.4) is 0 Å². The third-order valence-corrected chi connectivity index (χ3v) is 14.1. The molecular formula is C36H44O6SSi. The lowest BCUT2D eigenvalue weighted by atomic mass is 10.1. The molecule has 4 rings (SSSR count). The molecule has 0 saturated carbocycles. The highest BCUT2D eigenvalue weighted by molar-refractivity contribution is 7.86. The zero-order valence-corrected chi connectivity index (χ0v) is 28.4. The minimum Gasteiger partial charge on any atom is -0.531 e. The zero-order valence-electron chi connectivity index (χ0n) is 26.6. The quantitative estimate of drug-likeness (QED) is 0.0842. The van der Waals surface area contributed by atoms with Crippen molar-refractivity contribution in [2.75, 3.05) is 20.8 Å². The Labute approximate surface area is 264 Å². The van der Waals surface area contributed by atoms with Crippen molar-refractivity contribution in [2.45, 2.75) is 63.3 Å². The maximum Gasteiger partial charge on any atom is 0.320 e. The van der Waals surface area contributed by atoms with Crippen LogP contribution in [0.2, 0.25) is 5.04 Å². The van der Waals surface area contributed by atoms with Gasteiger partial charge in [0.05, 0.1) is 25.7 Å². The number of benzene rings is 4. The molecule has 0 heterocycles. The Balaban J connectivity index is 1.55. The minimum absolute atomic E-state index is 0.143. The molecule has 0 unspecified atom stereocenters. The number of hydrogen-bond acceptors (Lipinski definition) is 6. The number of rotatable bonds is 14. The molecule has 0 N–H and O–H groups in total. The van der Waals surface area contributed by atoms with Gasteiger partial charge in [0, 0.05) is 0 Å². The Kier molecular flexibility index (Phi) is 10.9. The summed E-state index contributed by atoms with van der Waals surface area (Å²) in [6.07, 6.45) is 3.05. The summed E-state index contributed by atoms with van der Waals surface area (Å²) < 4.78 is 49.3. The number of methoxy groups -OCH3 is 2. The van der Waals surface area contributed by atoms with Crippen molar-refractivity contribution < 1.29 is 26.5 Å². The first-order valence-corrected chi connectivity index (χ1v) is 18.3. The van der Waals surface area contributed by atoms with Gasteiger partial charge in [-0.1, -0.05) is 106 Å². The van der Waals surface area contributed by atoms with E-state index in [1.807, 2.05) is 25.1 Å². The third kappa shape index (κ3) is 7.54. The monoisotopic (exact) mass is 632 g/mol. The van der Waals surface area contributed by atoms with Gasteiger partial charge in [-0.3, -0.25) is 4.18 Å². The summed E-state index contributed by atoms with van der Waals surface area (Å²) >= 11 is 0. The van der Waals surface area contributed by atoms with Crippen molar-refractivity contribution in [1.29, 1.82) is 0 Å². The molecule has 0 spiro atoms. The van der Waals surface area contributed by atoms with Crippen LogP contribution < -0.4 is 24.3 Å². The average molecular weight is 633 g/mol. The molecule has 0 aliphatic carbocycles. The Bertz CT molecular complexity index is 1560. The van der Waals surface area contributed by atoms with Crippen LogP contribution in [0.1, 0.15) is 51.2 Å². The third-order valence-electron chi connectivity index (χ3n) is 7.84. The van der Waals surface area contributed by atoms with Crippen LogP contribution in [0.25, 0.3) is 0 Å². The Morgan fingerprint density at radius 1 is 0.705 bits per heavy atom. The van der Waals surface area contributed by atoms with Crippen LogP contribution >= 0.6 is 0 Å². The first kappa shape index (κ1) is 33.3. The summed E-state index contributed by atoms with van der Waals surface area (Å²) in [5.41, 5.74) is 2.06. The van der Waals surface area contributed by atoms with Gasteiger partial charge in [-0.05, 0) is 71.4 Å². The van der Waals surface area contributed by atoms with Gasteiger partial charge in [0.1, 0.15) is 0 Å². The van der Waals surface area contributed by atoms with Crippen molar-refractivity contribution >= 4 is 28.8 Å². The summed E-state index contributed by atoms with van der Waals surface area (Å²) in [4.78, 5) is 0.182. The second-order valence-corrected chi connectivity index (χ2v) is 17.8. The fourth-order valence-electron chi connectivity index (χ4n) is 5.57. The van der Waals surface area contributed by atoms with Crippen LogP contribution in [-0.4, -0.2) is 37.6 Å². The van der Waals surface area contributed by atoms with E-state index in [4.69, 9.17) is 18.1 Å². The summed E-state index contributed by atoms with van der Waals surface area (Å²) in [6, 6.07) is 31.8. The summed E-state index contributed by atoms with van der Waals surface area (Å²) in [5.74, 6) is 1.84. The predicted octanol–water partition coefficient (Wildman–Crippen LogP) is 7.07. The topological polar surface area (TPSA) is 71.1 Å². The SMILES string of the molecule is COc1cc(CCCCCOS(=O)(=O)c2ccc(C)cc2)cc(O[Si](c2ccccc2)(c2ccccc2)C(C)(C)C)c1OC. The van der Waals surface area contributed by atoms with Crippen molar-refractivity contribution in [3.63, 3.8) is 0 Å². The smallest absolute Gasteiger partial charge is 0.320 e. The van der Waals surface area contributed by atoms with Gasteiger partial charge in [0.25, 0.3) is 10.1 Å². The lowest BCUT2D eigenvalue weighted by molar-refractivity contribution is 0.307. The molecule has 0 saturated heterocycles. The molecule has 0 atom stereocenters. The van der Waals surface area contributed by atoms with Crippen LogP contribution in [0.4, 0.5) is 0 Å². The second-order valence-electron chi connectivity index (χ2n) is 12.0. The highest BCUT2D eigenvalue weighted by Gasteiger charge is 2.52. The summed E-state index contributed by atoms with van der Waals surface area (Å²) in [6.45, 7) is 8.79. The number of aryl methyl sites for hydroxylation is 2. The molecule has 0 aliphatic heterocycles.